The summed E-state index contributed by atoms with van der Waals surface area (Å²) in [5, 5.41) is 0. The average Bonchev–Trinajstić information content (AvgIpc) is 2.53. The zero-order chi connectivity index (χ0) is 17.0. The van der Waals surface area contributed by atoms with Crippen LogP contribution >= 0.6 is 0 Å². The quantitative estimate of drug-likeness (QED) is 0.224. The maximum Gasteiger partial charge on any atom is 0.257 e. The summed E-state index contributed by atoms with van der Waals surface area (Å²) in [5.41, 5.74) is 0. The normalized spacial score (nSPS) is 11.4. The lowest BCUT2D eigenvalue weighted by Crippen LogP contribution is -1.92. The zero-order valence-electron chi connectivity index (χ0n) is 15.4. The summed E-state index contributed by atoms with van der Waals surface area (Å²) in [5.74, 6) is 0. The SMILES string of the molecule is CCCCCCCCCCCCCCCCCCCO[SH](=O)=O. The van der Waals surface area contributed by atoms with Crippen molar-refractivity contribution in [3.05, 3.63) is 0 Å². The molecule has 140 valence electrons. The van der Waals surface area contributed by atoms with Crippen LogP contribution < -0.4 is 0 Å². The van der Waals surface area contributed by atoms with Gasteiger partial charge in [-0.05, 0) is 6.42 Å². The number of thiol groups is 1. The monoisotopic (exact) mass is 348 g/mol. The van der Waals surface area contributed by atoms with Crippen molar-refractivity contribution in [3.8, 4) is 0 Å². The smallest absolute Gasteiger partial charge is 0.257 e. The summed E-state index contributed by atoms with van der Waals surface area (Å²) in [4.78, 5) is 0. The van der Waals surface area contributed by atoms with E-state index < -0.39 is 11.0 Å². The third kappa shape index (κ3) is 21.9. The lowest BCUT2D eigenvalue weighted by atomic mass is 10.0. The molecule has 0 radical (unpaired) electrons. The highest BCUT2D eigenvalue weighted by Crippen LogP contribution is 2.13. The molecule has 0 rings (SSSR count). The summed E-state index contributed by atoms with van der Waals surface area (Å²) in [6.07, 6.45) is 22.7. The van der Waals surface area contributed by atoms with Gasteiger partial charge in [0.2, 0.25) is 0 Å². The van der Waals surface area contributed by atoms with Crippen LogP contribution in [-0.2, 0) is 15.2 Å². The van der Waals surface area contributed by atoms with E-state index in [1.807, 2.05) is 0 Å². The molecule has 0 aromatic carbocycles. The van der Waals surface area contributed by atoms with E-state index in [1.165, 1.54) is 96.3 Å². The van der Waals surface area contributed by atoms with E-state index in [1.54, 1.807) is 0 Å². The molecule has 0 fully saturated rings. The van der Waals surface area contributed by atoms with Gasteiger partial charge in [0.15, 0.2) is 0 Å². The Balaban J connectivity index is 2.97. The molecular weight excluding hydrogens is 308 g/mol. The van der Waals surface area contributed by atoms with Crippen LogP contribution in [-0.4, -0.2) is 15.0 Å². The lowest BCUT2D eigenvalue weighted by molar-refractivity contribution is 0.319. The Kier molecular flexibility index (Phi) is 19.9. The fraction of sp³-hybridized carbons (Fsp3) is 1.00. The van der Waals surface area contributed by atoms with Crippen molar-refractivity contribution in [3.63, 3.8) is 0 Å². The molecule has 3 nitrogen and oxygen atoms in total. The van der Waals surface area contributed by atoms with E-state index in [9.17, 15) is 8.42 Å². The Bertz CT molecular complexity index is 282. The van der Waals surface area contributed by atoms with Crippen molar-refractivity contribution in [2.24, 2.45) is 0 Å². The van der Waals surface area contributed by atoms with Gasteiger partial charge in [0.1, 0.15) is 0 Å². The second-order valence-electron chi connectivity index (χ2n) is 6.71. The van der Waals surface area contributed by atoms with Crippen molar-refractivity contribution < 1.29 is 12.6 Å². The Morgan fingerprint density at radius 3 is 1.13 bits per heavy atom. The number of rotatable bonds is 19. The molecule has 0 bridgehead atoms. The average molecular weight is 349 g/mol. The van der Waals surface area contributed by atoms with E-state index in [0.29, 0.717) is 6.61 Å². The van der Waals surface area contributed by atoms with Gasteiger partial charge in [0.25, 0.3) is 11.0 Å². The van der Waals surface area contributed by atoms with Crippen molar-refractivity contribution in [2.45, 2.75) is 116 Å². The Morgan fingerprint density at radius 1 is 0.522 bits per heavy atom. The van der Waals surface area contributed by atoms with Crippen LogP contribution in [0.2, 0.25) is 0 Å². The molecule has 0 unspecified atom stereocenters. The minimum absolute atomic E-state index is 0.358. The third-order valence-electron chi connectivity index (χ3n) is 4.44. The van der Waals surface area contributed by atoms with Crippen molar-refractivity contribution in [1.29, 1.82) is 0 Å². The van der Waals surface area contributed by atoms with Gasteiger partial charge in [-0.3, -0.25) is 4.18 Å². The van der Waals surface area contributed by atoms with E-state index >= 15 is 0 Å². The topological polar surface area (TPSA) is 43.4 Å². The maximum atomic E-state index is 10.2. The van der Waals surface area contributed by atoms with Gasteiger partial charge in [-0.15, -0.1) is 0 Å². The molecule has 0 saturated carbocycles. The molecule has 0 N–H and O–H groups in total. The van der Waals surface area contributed by atoms with Crippen LogP contribution in [0.5, 0.6) is 0 Å². The first kappa shape index (κ1) is 22.9. The summed E-state index contributed by atoms with van der Waals surface area (Å²) < 4.78 is 24.9. The Labute approximate surface area is 146 Å². The Morgan fingerprint density at radius 2 is 0.826 bits per heavy atom. The number of hydrogen-bond acceptors (Lipinski definition) is 3. The van der Waals surface area contributed by atoms with Crippen LogP contribution in [0, 0.1) is 0 Å². The molecule has 0 aliphatic rings. The standard InChI is InChI=1S/C19H40O3S/c1-2-3-4-5-6-7-8-9-10-11-12-13-14-15-16-17-18-19-22-23(20)21/h23H,2-19H2,1H3. The minimum atomic E-state index is -2.64. The molecule has 0 atom stereocenters. The fourth-order valence-electron chi connectivity index (χ4n) is 2.97. The van der Waals surface area contributed by atoms with E-state index in [0.717, 1.165) is 12.8 Å². The van der Waals surface area contributed by atoms with Gasteiger partial charge in [0, 0.05) is 0 Å². The van der Waals surface area contributed by atoms with E-state index in [4.69, 9.17) is 0 Å². The second kappa shape index (κ2) is 20.0. The van der Waals surface area contributed by atoms with Crippen LogP contribution in [0.15, 0.2) is 0 Å². The first-order valence-electron chi connectivity index (χ1n) is 10.0. The molecule has 0 spiro atoms. The maximum absolute atomic E-state index is 10.2. The highest BCUT2D eigenvalue weighted by molar-refractivity contribution is 7.67. The number of unbranched alkanes of at least 4 members (excludes halogenated alkanes) is 16. The van der Waals surface area contributed by atoms with Crippen LogP contribution in [0.3, 0.4) is 0 Å². The second-order valence-corrected chi connectivity index (χ2v) is 7.42. The molecular formula is C19H40O3S. The van der Waals surface area contributed by atoms with E-state index in [2.05, 4.69) is 11.1 Å². The van der Waals surface area contributed by atoms with Gasteiger partial charge in [-0.25, -0.2) is 8.42 Å². The largest absolute Gasteiger partial charge is 0.272 e. The van der Waals surface area contributed by atoms with Crippen LogP contribution in [0.25, 0.3) is 0 Å². The lowest BCUT2D eigenvalue weighted by Gasteiger charge is -2.03. The molecule has 0 aromatic rings. The first-order valence-corrected chi connectivity index (χ1v) is 11.1. The van der Waals surface area contributed by atoms with Gasteiger partial charge in [0.05, 0.1) is 6.61 Å². The molecule has 4 heteroatoms. The van der Waals surface area contributed by atoms with Crippen molar-refractivity contribution in [2.75, 3.05) is 6.61 Å². The highest BCUT2D eigenvalue weighted by atomic mass is 32.2. The summed E-state index contributed by atoms with van der Waals surface area (Å²) in [6, 6.07) is 0. The summed E-state index contributed by atoms with van der Waals surface area (Å²) in [7, 11) is -2.64. The molecule has 0 heterocycles. The highest BCUT2D eigenvalue weighted by Gasteiger charge is 1.95. The van der Waals surface area contributed by atoms with Gasteiger partial charge in [-0.1, -0.05) is 110 Å². The molecule has 0 saturated heterocycles. The predicted molar refractivity (Wildman–Crippen MR) is 100 cm³/mol. The Hall–Kier alpha value is -0.0900. The van der Waals surface area contributed by atoms with Crippen LogP contribution in [0.4, 0.5) is 0 Å². The van der Waals surface area contributed by atoms with Crippen molar-refractivity contribution >= 4 is 11.0 Å². The third-order valence-corrected chi connectivity index (χ3v) is 4.84. The fourth-order valence-corrected chi connectivity index (χ4v) is 3.24. The van der Waals surface area contributed by atoms with Gasteiger partial charge >= 0.3 is 0 Å². The van der Waals surface area contributed by atoms with Crippen LogP contribution in [0.1, 0.15) is 116 Å². The summed E-state index contributed by atoms with van der Waals surface area (Å²) >= 11 is 0. The minimum Gasteiger partial charge on any atom is -0.272 e. The summed E-state index contributed by atoms with van der Waals surface area (Å²) in [6.45, 7) is 2.63. The predicted octanol–water partition coefficient (Wildman–Crippen LogP) is 6.18. The van der Waals surface area contributed by atoms with Gasteiger partial charge in [-0.2, -0.15) is 0 Å². The number of hydrogen-bond donors (Lipinski definition) is 1. The molecule has 0 aromatic heterocycles. The van der Waals surface area contributed by atoms with E-state index in [-0.39, 0.29) is 0 Å². The first-order chi connectivity index (χ1) is 11.3. The molecule has 23 heavy (non-hydrogen) atoms. The van der Waals surface area contributed by atoms with Gasteiger partial charge < -0.3 is 0 Å². The molecule has 0 aliphatic heterocycles. The molecule has 0 amide bonds. The molecule has 0 aliphatic carbocycles. The van der Waals surface area contributed by atoms with Crippen molar-refractivity contribution in [1.82, 2.24) is 0 Å². The zero-order valence-corrected chi connectivity index (χ0v) is 16.3.